The summed E-state index contributed by atoms with van der Waals surface area (Å²) < 4.78 is 7.53. The normalized spacial score (nSPS) is 23.2. The van der Waals surface area contributed by atoms with Crippen molar-refractivity contribution in [2.75, 3.05) is 32.5 Å². The topological polar surface area (TPSA) is 56.3 Å². The molecule has 0 bridgehead atoms. The Bertz CT molecular complexity index is 317. The van der Waals surface area contributed by atoms with E-state index in [2.05, 4.69) is 17.0 Å². The summed E-state index contributed by atoms with van der Waals surface area (Å²) in [4.78, 5) is 2.27. The van der Waals surface area contributed by atoms with Gasteiger partial charge in [0.2, 0.25) is 0 Å². The van der Waals surface area contributed by atoms with E-state index < -0.39 is 0 Å². The first-order valence-electron chi connectivity index (χ1n) is 5.25. The molecule has 0 aromatic carbocycles. The Morgan fingerprint density at radius 3 is 3.07 bits per heavy atom. The fourth-order valence-corrected chi connectivity index (χ4v) is 1.81. The molecule has 0 radical (unpaired) electrons. The molecule has 2 N–H and O–H groups in total. The monoisotopic (exact) mass is 210 g/mol. The molecule has 2 rings (SSSR count). The number of morpholine rings is 1. The minimum absolute atomic E-state index is 0.224. The van der Waals surface area contributed by atoms with Gasteiger partial charge in [-0.05, 0) is 14.0 Å². The van der Waals surface area contributed by atoms with Crippen molar-refractivity contribution in [3.05, 3.63) is 11.9 Å². The maximum Gasteiger partial charge on any atom is 0.0897 e. The average Bonchev–Trinajstić information content (AvgIpc) is 2.45. The summed E-state index contributed by atoms with van der Waals surface area (Å²) in [7, 11) is 2.11. The molecule has 1 aliphatic rings. The van der Waals surface area contributed by atoms with Crippen LogP contribution in [0.1, 0.15) is 5.69 Å². The van der Waals surface area contributed by atoms with Crippen LogP contribution in [0.3, 0.4) is 0 Å². The van der Waals surface area contributed by atoms with Gasteiger partial charge in [0, 0.05) is 19.3 Å². The van der Waals surface area contributed by atoms with Crippen LogP contribution in [-0.2, 0) is 11.3 Å². The van der Waals surface area contributed by atoms with Crippen molar-refractivity contribution in [3.63, 3.8) is 0 Å². The molecular weight excluding hydrogens is 192 g/mol. The predicted molar refractivity (Wildman–Crippen MR) is 58.6 cm³/mol. The van der Waals surface area contributed by atoms with E-state index in [4.69, 9.17) is 10.5 Å². The number of nitrogens with zero attached hydrogens (tertiary/aromatic N) is 3. The van der Waals surface area contributed by atoms with E-state index >= 15 is 0 Å². The molecule has 1 aliphatic heterocycles. The van der Waals surface area contributed by atoms with E-state index in [9.17, 15) is 0 Å². The van der Waals surface area contributed by atoms with E-state index in [-0.39, 0.29) is 6.10 Å². The van der Waals surface area contributed by atoms with Crippen LogP contribution in [0.5, 0.6) is 0 Å². The lowest BCUT2D eigenvalue weighted by atomic mass is 10.3. The van der Waals surface area contributed by atoms with Crippen LogP contribution in [0.4, 0.5) is 5.69 Å². The Kier molecular flexibility index (Phi) is 2.93. The third-order valence-corrected chi connectivity index (χ3v) is 2.72. The first-order valence-corrected chi connectivity index (χ1v) is 5.25. The largest absolute Gasteiger partial charge is 0.396 e. The summed E-state index contributed by atoms with van der Waals surface area (Å²) >= 11 is 0. The summed E-state index contributed by atoms with van der Waals surface area (Å²) in [5.74, 6) is 0. The third kappa shape index (κ3) is 2.49. The Hall–Kier alpha value is -1.07. The Morgan fingerprint density at radius 1 is 1.67 bits per heavy atom. The lowest BCUT2D eigenvalue weighted by Crippen LogP contribution is -2.42. The zero-order valence-electron chi connectivity index (χ0n) is 9.31. The van der Waals surface area contributed by atoms with Crippen LogP contribution in [0, 0.1) is 6.92 Å². The third-order valence-electron chi connectivity index (χ3n) is 2.72. The van der Waals surface area contributed by atoms with Crippen LogP contribution in [0.15, 0.2) is 6.20 Å². The van der Waals surface area contributed by atoms with Crippen LogP contribution < -0.4 is 5.73 Å². The molecule has 1 unspecified atom stereocenters. The number of anilines is 1. The van der Waals surface area contributed by atoms with Gasteiger partial charge in [0.15, 0.2) is 0 Å². The summed E-state index contributed by atoms with van der Waals surface area (Å²) in [6.45, 7) is 5.47. The van der Waals surface area contributed by atoms with Crippen molar-refractivity contribution in [2.45, 2.75) is 19.6 Å². The highest BCUT2D eigenvalue weighted by Crippen LogP contribution is 2.10. The fraction of sp³-hybridized carbons (Fsp3) is 0.700. The second-order valence-corrected chi connectivity index (χ2v) is 4.15. The first-order chi connectivity index (χ1) is 7.15. The number of likely N-dealkylation sites (N-methyl/N-ethyl adjacent to an activating group) is 1. The van der Waals surface area contributed by atoms with Gasteiger partial charge in [-0.3, -0.25) is 4.68 Å². The van der Waals surface area contributed by atoms with Crippen molar-refractivity contribution < 1.29 is 4.74 Å². The highest BCUT2D eigenvalue weighted by Gasteiger charge is 2.18. The van der Waals surface area contributed by atoms with Gasteiger partial charge in [0.25, 0.3) is 0 Å². The van der Waals surface area contributed by atoms with Crippen molar-refractivity contribution in [3.8, 4) is 0 Å². The number of aryl methyl sites for hydroxylation is 1. The molecule has 2 heterocycles. The fourth-order valence-electron chi connectivity index (χ4n) is 1.81. The van der Waals surface area contributed by atoms with E-state index in [0.29, 0.717) is 0 Å². The van der Waals surface area contributed by atoms with Crippen LogP contribution >= 0.6 is 0 Å². The molecular formula is C10H18N4O. The number of nitrogens with two attached hydrogens (primary N) is 1. The van der Waals surface area contributed by atoms with Crippen LogP contribution in [0.25, 0.3) is 0 Å². The highest BCUT2D eigenvalue weighted by molar-refractivity contribution is 5.39. The second kappa shape index (κ2) is 4.20. The molecule has 1 fully saturated rings. The van der Waals surface area contributed by atoms with Gasteiger partial charge in [-0.25, -0.2) is 0 Å². The summed E-state index contributed by atoms with van der Waals surface area (Å²) in [5, 5.41) is 4.32. The van der Waals surface area contributed by atoms with Crippen molar-refractivity contribution >= 4 is 5.69 Å². The summed E-state index contributed by atoms with van der Waals surface area (Å²) in [5.41, 5.74) is 7.38. The van der Waals surface area contributed by atoms with E-state index in [1.165, 1.54) is 0 Å². The summed E-state index contributed by atoms with van der Waals surface area (Å²) in [6, 6.07) is 0. The van der Waals surface area contributed by atoms with E-state index in [0.717, 1.165) is 37.6 Å². The Balaban J connectivity index is 1.96. The molecule has 0 amide bonds. The zero-order valence-corrected chi connectivity index (χ0v) is 9.31. The molecule has 1 aromatic rings. The van der Waals surface area contributed by atoms with Crippen molar-refractivity contribution in [1.82, 2.24) is 14.7 Å². The van der Waals surface area contributed by atoms with Crippen LogP contribution in [0.2, 0.25) is 0 Å². The quantitative estimate of drug-likeness (QED) is 0.752. The van der Waals surface area contributed by atoms with Gasteiger partial charge in [-0.2, -0.15) is 5.10 Å². The molecule has 5 nitrogen and oxygen atoms in total. The van der Waals surface area contributed by atoms with Gasteiger partial charge >= 0.3 is 0 Å². The maximum atomic E-state index is 5.74. The second-order valence-electron chi connectivity index (χ2n) is 4.15. The molecule has 1 saturated heterocycles. The number of ether oxygens (including phenoxy) is 1. The minimum atomic E-state index is 0.224. The average molecular weight is 210 g/mol. The van der Waals surface area contributed by atoms with Crippen molar-refractivity contribution in [1.29, 1.82) is 0 Å². The van der Waals surface area contributed by atoms with Gasteiger partial charge in [-0.15, -0.1) is 0 Å². The number of nitrogen functional groups attached to an aromatic ring is 1. The minimum Gasteiger partial charge on any atom is -0.396 e. The first kappa shape index (κ1) is 10.4. The van der Waals surface area contributed by atoms with Crippen molar-refractivity contribution in [2.24, 2.45) is 0 Å². The molecule has 15 heavy (non-hydrogen) atoms. The van der Waals surface area contributed by atoms with Gasteiger partial charge in [0.1, 0.15) is 0 Å². The smallest absolute Gasteiger partial charge is 0.0897 e. The van der Waals surface area contributed by atoms with E-state index in [1.807, 2.05) is 17.8 Å². The highest BCUT2D eigenvalue weighted by atomic mass is 16.5. The number of rotatable bonds is 2. The van der Waals surface area contributed by atoms with Crippen LogP contribution in [-0.4, -0.2) is 47.5 Å². The molecule has 5 heteroatoms. The molecule has 1 atom stereocenters. The molecule has 0 aliphatic carbocycles. The zero-order chi connectivity index (χ0) is 10.8. The summed E-state index contributed by atoms with van der Waals surface area (Å²) in [6.07, 6.45) is 2.09. The Morgan fingerprint density at radius 2 is 2.47 bits per heavy atom. The molecule has 1 aromatic heterocycles. The predicted octanol–water partition coefficient (Wildman–Crippen LogP) is 0.104. The van der Waals surface area contributed by atoms with E-state index in [1.54, 1.807) is 0 Å². The lowest BCUT2D eigenvalue weighted by Gasteiger charge is -2.29. The lowest BCUT2D eigenvalue weighted by molar-refractivity contribution is -0.0290. The SMILES string of the molecule is Cc1nn(CC2CN(C)CCO2)cc1N. The van der Waals surface area contributed by atoms with Gasteiger partial charge < -0.3 is 15.4 Å². The number of aromatic nitrogens is 2. The molecule has 84 valence electrons. The molecule has 0 spiro atoms. The maximum absolute atomic E-state index is 5.74. The molecule has 0 saturated carbocycles. The number of hydrogen-bond donors (Lipinski definition) is 1. The number of hydrogen-bond acceptors (Lipinski definition) is 4. The standard InChI is InChI=1S/C10H18N4O/c1-8-10(11)7-14(12-8)6-9-5-13(2)3-4-15-9/h7,9H,3-6,11H2,1-2H3. The van der Waals surface area contributed by atoms with Gasteiger partial charge in [-0.1, -0.05) is 0 Å². The van der Waals surface area contributed by atoms with Gasteiger partial charge in [0.05, 0.1) is 30.6 Å². The Labute approximate surface area is 89.8 Å².